The Labute approximate surface area is 155 Å². The Morgan fingerprint density at radius 1 is 1.24 bits per heavy atom. The summed E-state index contributed by atoms with van der Waals surface area (Å²) in [4.78, 5) is 22.5. The molecule has 0 amide bonds. The fourth-order valence-corrected chi connectivity index (χ4v) is 3.89. The van der Waals surface area contributed by atoms with E-state index in [4.69, 9.17) is 16.3 Å². The fourth-order valence-electron chi connectivity index (χ4n) is 2.60. The molecule has 0 fully saturated rings. The van der Waals surface area contributed by atoms with Gasteiger partial charge in [0.2, 0.25) is 0 Å². The Hall–Kier alpha value is -2.18. The van der Waals surface area contributed by atoms with E-state index in [0.29, 0.717) is 28.1 Å². The summed E-state index contributed by atoms with van der Waals surface area (Å²) >= 11 is 7.54. The third-order valence-electron chi connectivity index (χ3n) is 3.88. The number of hydrogen-bond acceptors (Lipinski definition) is 6. The molecule has 3 aromatic rings. The van der Waals surface area contributed by atoms with Gasteiger partial charge in [0.1, 0.15) is 21.3 Å². The number of nitrogens with one attached hydrogen (secondary N) is 1. The molecule has 0 radical (unpaired) electrons. The smallest absolute Gasteiger partial charge is 0.348 e. The van der Waals surface area contributed by atoms with Crippen LogP contribution >= 0.6 is 22.9 Å². The van der Waals surface area contributed by atoms with Gasteiger partial charge in [-0.15, -0.1) is 11.3 Å². The van der Waals surface area contributed by atoms with E-state index in [0.717, 1.165) is 27.0 Å². The SMILES string of the molecule is CCOC(=O)c1sc2nc(C)nc(Nc3cccc(Cl)c3C)c2c1C. The van der Waals surface area contributed by atoms with Crippen LogP contribution in [0.5, 0.6) is 0 Å². The van der Waals surface area contributed by atoms with E-state index in [9.17, 15) is 4.79 Å². The second-order valence-electron chi connectivity index (χ2n) is 5.61. The van der Waals surface area contributed by atoms with Gasteiger partial charge in [0.05, 0.1) is 12.0 Å². The number of carbonyl (C=O) groups is 1. The Kier molecular flexibility index (Phi) is 4.92. The maximum absolute atomic E-state index is 12.2. The number of aryl methyl sites for hydroxylation is 2. The van der Waals surface area contributed by atoms with Gasteiger partial charge < -0.3 is 10.1 Å². The van der Waals surface area contributed by atoms with Crippen molar-refractivity contribution in [1.82, 2.24) is 9.97 Å². The number of hydrogen-bond donors (Lipinski definition) is 1. The lowest BCUT2D eigenvalue weighted by atomic mass is 10.1. The lowest BCUT2D eigenvalue weighted by Gasteiger charge is -2.12. The number of esters is 1. The molecular weight excluding hydrogens is 358 g/mol. The van der Waals surface area contributed by atoms with Crippen molar-refractivity contribution in [2.24, 2.45) is 0 Å². The molecule has 0 aliphatic rings. The first-order valence-electron chi connectivity index (χ1n) is 7.89. The highest BCUT2D eigenvalue weighted by atomic mass is 35.5. The third-order valence-corrected chi connectivity index (χ3v) is 5.46. The van der Waals surface area contributed by atoms with Crippen molar-refractivity contribution < 1.29 is 9.53 Å². The number of ether oxygens (including phenoxy) is 1. The van der Waals surface area contributed by atoms with Crippen LogP contribution in [0.3, 0.4) is 0 Å². The van der Waals surface area contributed by atoms with E-state index in [1.807, 2.05) is 39.0 Å². The molecule has 0 saturated heterocycles. The minimum atomic E-state index is -0.328. The van der Waals surface area contributed by atoms with Crippen molar-refractivity contribution in [2.45, 2.75) is 27.7 Å². The van der Waals surface area contributed by atoms with Crippen LogP contribution in [0.25, 0.3) is 10.2 Å². The van der Waals surface area contributed by atoms with Crippen molar-refractivity contribution in [3.63, 3.8) is 0 Å². The zero-order valence-corrected chi connectivity index (χ0v) is 16.0. The van der Waals surface area contributed by atoms with Gasteiger partial charge in [0, 0.05) is 10.7 Å². The van der Waals surface area contributed by atoms with E-state index in [1.165, 1.54) is 11.3 Å². The van der Waals surface area contributed by atoms with E-state index < -0.39 is 0 Å². The molecule has 0 atom stereocenters. The predicted molar refractivity (Wildman–Crippen MR) is 102 cm³/mol. The molecule has 1 aromatic carbocycles. The molecule has 0 saturated carbocycles. The number of aromatic nitrogens is 2. The van der Waals surface area contributed by atoms with Crippen LogP contribution in [-0.2, 0) is 4.74 Å². The van der Waals surface area contributed by atoms with Crippen molar-refractivity contribution in [1.29, 1.82) is 0 Å². The summed E-state index contributed by atoms with van der Waals surface area (Å²) in [5, 5.41) is 4.85. The normalized spacial score (nSPS) is 10.9. The molecule has 25 heavy (non-hydrogen) atoms. The summed E-state index contributed by atoms with van der Waals surface area (Å²) in [5.41, 5.74) is 2.63. The fraction of sp³-hybridized carbons (Fsp3) is 0.278. The number of halogens is 1. The standard InChI is InChI=1S/C18H18ClN3O2S/c1-5-24-18(23)15-10(3)14-16(20-11(4)21-17(14)25-15)22-13-8-6-7-12(19)9(13)2/h6-8H,5H2,1-4H3,(H,20,21,22). The highest BCUT2D eigenvalue weighted by molar-refractivity contribution is 7.20. The molecule has 2 aromatic heterocycles. The molecule has 1 N–H and O–H groups in total. The van der Waals surface area contributed by atoms with Gasteiger partial charge in [0.15, 0.2) is 0 Å². The molecule has 5 nitrogen and oxygen atoms in total. The summed E-state index contributed by atoms with van der Waals surface area (Å²) in [5.74, 6) is 0.967. The van der Waals surface area contributed by atoms with Crippen molar-refractivity contribution in [3.8, 4) is 0 Å². The number of thiophene rings is 1. The molecule has 7 heteroatoms. The lowest BCUT2D eigenvalue weighted by molar-refractivity contribution is 0.0531. The topological polar surface area (TPSA) is 64.1 Å². The number of carbonyl (C=O) groups excluding carboxylic acids is 1. The first-order chi connectivity index (χ1) is 11.9. The second kappa shape index (κ2) is 6.98. The third kappa shape index (κ3) is 3.32. The molecule has 0 aliphatic heterocycles. The molecule has 0 aliphatic carbocycles. The monoisotopic (exact) mass is 375 g/mol. The first-order valence-corrected chi connectivity index (χ1v) is 9.08. The molecule has 0 unspecified atom stereocenters. The summed E-state index contributed by atoms with van der Waals surface area (Å²) in [6.07, 6.45) is 0. The number of rotatable bonds is 4. The number of fused-ring (bicyclic) bond motifs is 1. The van der Waals surface area contributed by atoms with Crippen LogP contribution in [0.4, 0.5) is 11.5 Å². The first kappa shape index (κ1) is 17.6. The maximum atomic E-state index is 12.2. The van der Waals surface area contributed by atoms with Gasteiger partial charge >= 0.3 is 5.97 Å². The average molecular weight is 376 g/mol. The van der Waals surface area contributed by atoms with Gasteiger partial charge in [0.25, 0.3) is 0 Å². The Bertz CT molecular complexity index is 969. The maximum Gasteiger partial charge on any atom is 0.348 e. The number of anilines is 2. The van der Waals surface area contributed by atoms with E-state index in [2.05, 4.69) is 15.3 Å². The molecular formula is C18H18ClN3O2S. The minimum Gasteiger partial charge on any atom is -0.462 e. The largest absolute Gasteiger partial charge is 0.462 e. The predicted octanol–water partition coefficient (Wildman–Crippen LogP) is 5.19. The van der Waals surface area contributed by atoms with E-state index in [1.54, 1.807) is 6.92 Å². The lowest BCUT2D eigenvalue weighted by Crippen LogP contribution is -2.04. The van der Waals surface area contributed by atoms with Gasteiger partial charge in [-0.1, -0.05) is 17.7 Å². The van der Waals surface area contributed by atoms with Crippen LogP contribution in [0.2, 0.25) is 5.02 Å². The van der Waals surface area contributed by atoms with Crippen LogP contribution < -0.4 is 5.32 Å². The highest BCUT2D eigenvalue weighted by Gasteiger charge is 2.21. The summed E-state index contributed by atoms with van der Waals surface area (Å²) in [6.45, 7) is 7.79. The van der Waals surface area contributed by atoms with E-state index >= 15 is 0 Å². The molecule has 130 valence electrons. The van der Waals surface area contributed by atoms with Gasteiger partial charge in [-0.05, 0) is 51.0 Å². The number of benzene rings is 1. The quantitative estimate of drug-likeness (QED) is 0.635. The highest BCUT2D eigenvalue weighted by Crippen LogP contribution is 2.36. The molecule has 0 spiro atoms. The Balaban J connectivity index is 2.14. The zero-order chi connectivity index (χ0) is 18.1. The van der Waals surface area contributed by atoms with Gasteiger partial charge in [-0.3, -0.25) is 0 Å². The van der Waals surface area contributed by atoms with Crippen LogP contribution in [-0.4, -0.2) is 22.5 Å². The second-order valence-corrected chi connectivity index (χ2v) is 7.02. The summed E-state index contributed by atoms with van der Waals surface area (Å²) in [6, 6.07) is 5.67. The number of nitrogens with zero attached hydrogens (tertiary/aromatic N) is 2. The summed E-state index contributed by atoms with van der Waals surface area (Å²) in [7, 11) is 0. The summed E-state index contributed by atoms with van der Waals surface area (Å²) < 4.78 is 5.15. The molecule has 0 bridgehead atoms. The van der Waals surface area contributed by atoms with Crippen molar-refractivity contribution in [2.75, 3.05) is 11.9 Å². The van der Waals surface area contributed by atoms with Crippen molar-refractivity contribution in [3.05, 3.63) is 45.1 Å². The minimum absolute atomic E-state index is 0.328. The van der Waals surface area contributed by atoms with Crippen LogP contribution in [0.15, 0.2) is 18.2 Å². The zero-order valence-electron chi connectivity index (χ0n) is 14.4. The molecule has 3 rings (SSSR count). The van der Waals surface area contributed by atoms with E-state index in [-0.39, 0.29) is 5.97 Å². The van der Waals surface area contributed by atoms with Gasteiger partial charge in [-0.2, -0.15) is 0 Å². The van der Waals surface area contributed by atoms with Crippen molar-refractivity contribution >= 4 is 50.6 Å². The Morgan fingerprint density at radius 3 is 2.72 bits per heavy atom. The average Bonchev–Trinajstić information content (AvgIpc) is 2.89. The van der Waals surface area contributed by atoms with Crippen LogP contribution in [0, 0.1) is 20.8 Å². The van der Waals surface area contributed by atoms with Gasteiger partial charge in [-0.25, -0.2) is 14.8 Å². The van der Waals surface area contributed by atoms with Crippen LogP contribution in [0.1, 0.15) is 33.5 Å². The molecule has 2 heterocycles. The Morgan fingerprint density at radius 2 is 2.00 bits per heavy atom.